The van der Waals surface area contributed by atoms with Gasteiger partial charge in [-0.15, -0.1) is 0 Å². The Morgan fingerprint density at radius 3 is 2.68 bits per heavy atom. The van der Waals surface area contributed by atoms with Crippen molar-refractivity contribution in [1.29, 1.82) is 0 Å². The maximum atomic E-state index is 12.6. The average molecular weight is 384 g/mol. The fourth-order valence-corrected chi connectivity index (χ4v) is 4.01. The summed E-state index contributed by atoms with van der Waals surface area (Å²) in [5.74, 6) is 2.62. The molecule has 0 bridgehead atoms. The molecule has 0 N–H and O–H groups in total. The van der Waals surface area contributed by atoms with E-state index < -0.39 is 0 Å². The van der Waals surface area contributed by atoms with E-state index in [9.17, 15) is 4.79 Å². The average Bonchev–Trinajstić information content (AvgIpc) is 3.22. The lowest BCUT2D eigenvalue weighted by Crippen LogP contribution is -2.38. The van der Waals surface area contributed by atoms with Crippen LogP contribution in [0.4, 0.5) is 0 Å². The van der Waals surface area contributed by atoms with Gasteiger partial charge < -0.3 is 14.2 Å². The summed E-state index contributed by atoms with van der Waals surface area (Å²) in [5.41, 5.74) is 1.60. The molecule has 0 aliphatic carbocycles. The SMILES string of the molecule is Cc1ccc(C(=O)N2CCC(CCc3noc(C4CCOCC4)n3)CC2)cn1. The van der Waals surface area contributed by atoms with Crippen molar-refractivity contribution in [3.05, 3.63) is 41.3 Å². The van der Waals surface area contributed by atoms with Crippen molar-refractivity contribution < 1.29 is 14.1 Å². The second-order valence-corrected chi connectivity index (χ2v) is 7.90. The molecule has 28 heavy (non-hydrogen) atoms. The Morgan fingerprint density at radius 2 is 1.96 bits per heavy atom. The maximum Gasteiger partial charge on any atom is 0.255 e. The molecule has 2 aromatic heterocycles. The number of hydrogen-bond acceptors (Lipinski definition) is 6. The lowest BCUT2D eigenvalue weighted by Gasteiger charge is -2.32. The highest BCUT2D eigenvalue weighted by atomic mass is 16.5. The van der Waals surface area contributed by atoms with Crippen molar-refractivity contribution in [3.8, 4) is 0 Å². The minimum atomic E-state index is 0.0882. The van der Waals surface area contributed by atoms with Gasteiger partial charge in [0, 0.05) is 50.5 Å². The fraction of sp³-hybridized carbons (Fsp3) is 0.619. The van der Waals surface area contributed by atoms with Crippen LogP contribution in [-0.4, -0.2) is 52.2 Å². The fourth-order valence-electron chi connectivity index (χ4n) is 4.01. The molecule has 0 unspecified atom stereocenters. The van der Waals surface area contributed by atoms with Gasteiger partial charge in [0.05, 0.1) is 5.56 Å². The molecule has 4 heterocycles. The van der Waals surface area contributed by atoms with Gasteiger partial charge in [-0.25, -0.2) is 0 Å². The quantitative estimate of drug-likeness (QED) is 0.788. The summed E-state index contributed by atoms with van der Waals surface area (Å²) in [6.07, 6.45) is 7.53. The van der Waals surface area contributed by atoms with Crippen molar-refractivity contribution in [2.24, 2.45) is 5.92 Å². The molecule has 0 spiro atoms. The summed E-state index contributed by atoms with van der Waals surface area (Å²) in [5, 5.41) is 4.17. The highest BCUT2D eigenvalue weighted by Gasteiger charge is 2.25. The second kappa shape index (κ2) is 8.82. The summed E-state index contributed by atoms with van der Waals surface area (Å²) in [7, 11) is 0. The van der Waals surface area contributed by atoms with E-state index in [2.05, 4.69) is 15.1 Å². The predicted molar refractivity (Wildman–Crippen MR) is 103 cm³/mol. The summed E-state index contributed by atoms with van der Waals surface area (Å²) in [6.45, 7) is 5.08. The Morgan fingerprint density at radius 1 is 1.18 bits per heavy atom. The second-order valence-electron chi connectivity index (χ2n) is 7.90. The minimum Gasteiger partial charge on any atom is -0.381 e. The van der Waals surface area contributed by atoms with Crippen LogP contribution in [0.1, 0.15) is 65.8 Å². The Bertz CT molecular complexity index is 775. The normalized spacial score (nSPS) is 19.1. The number of piperidine rings is 1. The minimum absolute atomic E-state index is 0.0882. The van der Waals surface area contributed by atoms with Gasteiger partial charge in [0.1, 0.15) is 0 Å². The third-order valence-electron chi connectivity index (χ3n) is 5.89. The first kappa shape index (κ1) is 19.1. The lowest BCUT2D eigenvalue weighted by molar-refractivity contribution is 0.0686. The standard InChI is InChI=1S/C21H28N4O3/c1-15-2-4-18(14-22-15)21(26)25-10-6-16(7-11-25)3-5-19-23-20(28-24-19)17-8-12-27-13-9-17/h2,4,14,16-17H,3,5-13H2,1H3. The zero-order chi connectivity index (χ0) is 19.3. The van der Waals surface area contributed by atoms with E-state index >= 15 is 0 Å². The van der Waals surface area contributed by atoms with Crippen molar-refractivity contribution in [2.75, 3.05) is 26.3 Å². The molecule has 150 valence electrons. The molecule has 0 saturated carbocycles. The largest absolute Gasteiger partial charge is 0.381 e. The molecule has 7 nitrogen and oxygen atoms in total. The Hall–Kier alpha value is -2.28. The Kier molecular flexibility index (Phi) is 6.00. The summed E-state index contributed by atoms with van der Waals surface area (Å²) >= 11 is 0. The van der Waals surface area contributed by atoms with Crippen molar-refractivity contribution in [2.45, 2.75) is 51.4 Å². The number of nitrogens with zero attached hydrogens (tertiary/aromatic N) is 4. The zero-order valence-electron chi connectivity index (χ0n) is 16.5. The van der Waals surface area contributed by atoms with E-state index in [1.54, 1.807) is 6.20 Å². The third kappa shape index (κ3) is 4.58. The van der Waals surface area contributed by atoms with Gasteiger partial charge in [0.2, 0.25) is 5.89 Å². The monoisotopic (exact) mass is 384 g/mol. The number of pyridine rings is 1. The first-order chi connectivity index (χ1) is 13.7. The van der Waals surface area contributed by atoms with Crippen LogP contribution in [0.5, 0.6) is 0 Å². The van der Waals surface area contributed by atoms with Crippen LogP contribution in [-0.2, 0) is 11.2 Å². The molecule has 2 aliphatic rings. The highest BCUT2D eigenvalue weighted by molar-refractivity contribution is 5.93. The zero-order valence-corrected chi connectivity index (χ0v) is 16.5. The van der Waals surface area contributed by atoms with Gasteiger partial charge in [-0.3, -0.25) is 9.78 Å². The first-order valence-electron chi connectivity index (χ1n) is 10.3. The highest BCUT2D eigenvalue weighted by Crippen LogP contribution is 2.27. The predicted octanol–water partition coefficient (Wildman–Crippen LogP) is 3.15. The summed E-state index contributed by atoms with van der Waals surface area (Å²) in [4.78, 5) is 23.4. The lowest BCUT2D eigenvalue weighted by atomic mass is 9.92. The van der Waals surface area contributed by atoms with Gasteiger partial charge in [0.25, 0.3) is 5.91 Å². The van der Waals surface area contributed by atoms with Crippen molar-refractivity contribution in [1.82, 2.24) is 20.0 Å². The topological polar surface area (TPSA) is 81.4 Å². The van der Waals surface area contributed by atoms with Gasteiger partial charge >= 0.3 is 0 Å². The number of amides is 1. The van der Waals surface area contributed by atoms with Crippen LogP contribution >= 0.6 is 0 Å². The van der Waals surface area contributed by atoms with Gasteiger partial charge in [-0.1, -0.05) is 5.16 Å². The third-order valence-corrected chi connectivity index (χ3v) is 5.89. The van der Waals surface area contributed by atoms with E-state index in [1.165, 1.54) is 0 Å². The number of rotatable bonds is 5. The van der Waals surface area contributed by atoms with E-state index in [-0.39, 0.29) is 5.91 Å². The molecule has 0 radical (unpaired) electrons. The van der Waals surface area contributed by atoms with E-state index in [1.807, 2.05) is 24.0 Å². The number of likely N-dealkylation sites (tertiary alicyclic amines) is 1. The Balaban J connectivity index is 1.23. The summed E-state index contributed by atoms with van der Waals surface area (Å²) in [6, 6.07) is 3.75. The molecule has 0 atom stereocenters. The molecular weight excluding hydrogens is 356 g/mol. The van der Waals surface area contributed by atoms with Crippen LogP contribution in [0.15, 0.2) is 22.9 Å². The van der Waals surface area contributed by atoms with E-state index in [0.717, 1.165) is 82.2 Å². The number of carbonyl (C=O) groups is 1. The number of hydrogen-bond donors (Lipinski definition) is 0. The van der Waals surface area contributed by atoms with Crippen LogP contribution in [0.2, 0.25) is 0 Å². The molecule has 2 aromatic rings. The van der Waals surface area contributed by atoms with E-state index in [4.69, 9.17) is 9.26 Å². The van der Waals surface area contributed by atoms with E-state index in [0.29, 0.717) is 17.4 Å². The van der Waals surface area contributed by atoms with Gasteiger partial charge in [-0.05, 0) is 57.1 Å². The van der Waals surface area contributed by atoms with Gasteiger partial charge in [-0.2, -0.15) is 4.98 Å². The number of ether oxygens (including phenoxy) is 1. The molecule has 2 fully saturated rings. The summed E-state index contributed by atoms with van der Waals surface area (Å²) < 4.78 is 10.9. The molecule has 4 rings (SSSR count). The molecule has 0 aromatic carbocycles. The molecule has 2 saturated heterocycles. The van der Waals surface area contributed by atoms with Crippen molar-refractivity contribution >= 4 is 5.91 Å². The number of aromatic nitrogens is 3. The molecule has 1 amide bonds. The maximum absolute atomic E-state index is 12.6. The molecule has 2 aliphatic heterocycles. The van der Waals surface area contributed by atoms with Gasteiger partial charge in [0.15, 0.2) is 5.82 Å². The van der Waals surface area contributed by atoms with Crippen LogP contribution in [0.25, 0.3) is 0 Å². The number of carbonyl (C=O) groups excluding carboxylic acids is 1. The van der Waals surface area contributed by atoms with Crippen LogP contribution in [0, 0.1) is 12.8 Å². The van der Waals surface area contributed by atoms with Crippen LogP contribution in [0.3, 0.4) is 0 Å². The van der Waals surface area contributed by atoms with Crippen LogP contribution < -0.4 is 0 Å². The molecular formula is C21H28N4O3. The first-order valence-corrected chi connectivity index (χ1v) is 10.3. The number of aryl methyl sites for hydroxylation is 2. The molecule has 7 heteroatoms. The van der Waals surface area contributed by atoms with Crippen molar-refractivity contribution in [3.63, 3.8) is 0 Å². The Labute approximate surface area is 165 Å². The smallest absolute Gasteiger partial charge is 0.255 e.